The van der Waals surface area contributed by atoms with E-state index in [0.29, 0.717) is 6.61 Å². The topological polar surface area (TPSA) is 59.6 Å². The van der Waals surface area contributed by atoms with Gasteiger partial charge in [0.1, 0.15) is 18.1 Å². The van der Waals surface area contributed by atoms with Gasteiger partial charge in [-0.15, -0.1) is 0 Å². The van der Waals surface area contributed by atoms with E-state index < -0.39 is 0 Å². The van der Waals surface area contributed by atoms with Gasteiger partial charge in [-0.3, -0.25) is 4.79 Å². The van der Waals surface area contributed by atoms with Gasteiger partial charge in [0, 0.05) is 17.4 Å². The Hall–Kier alpha value is -2.95. The van der Waals surface area contributed by atoms with Crippen LogP contribution in [0.4, 0.5) is 11.4 Å². The number of carbonyl (C=O) groups excluding carboxylic acids is 1. The first-order valence-electron chi connectivity index (χ1n) is 10.7. The van der Waals surface area contributed by atoms with Crippen LogP contribution in [0.1, 0.15) is 46.0 Å². The largest absolute Gasteiger partial charge is 0.494 e. The summed E-state index contributed by atoms with van der Waals surface area (Å²) in [5.74, 6) is 1.45. The van der Waals surface area contributed by atoms with E-state index in [-0.39, 0.29) is 12.5 Å². The lowest BCUT2D eigenvalue weighted by molar-refractivity contribution is -0.114. The van der Waals surface area contributed by atoms with E-state index in [1.54, 1.807) is 0 Å². The molecule has 5 heteroatoms. The second kappa shape index (κ2) is 13.3. The molecule has 0 saturated carbocycles. The number of unbranched alkanes of at least 4 members (excludes halogenated alkanes) is 4. The van der Waals surface area contributed by atoms with Crippen LogP contribution in [-0.2, 0) is 4.79 Å². The fourth-order valence-corrected chi connectivity index (χ4v) is 2.82. The Bertz CT molecular complexity index is 787. The average Bonchev–Trinajstić information content (AvgIpc) is 2.74. The van der Waals surface area contributed by atoms with Crippen molar-refractivity contribution < 1.29 is 14.3 Å². The number of nitrogens with one attached hydrogen (secondary N) is 2. The van der Waals surface area contributed by atoms with Gasteiger partial charge in [0.2, 0.25) is 5.91 Å². The van der Waals surface area contributed by atoms with Crippen molar-refractivity contribution in [2.45, 2.75) is 46.0 Å². The summed E-state index contributed by atoms with van der Waals surface area (Å²) in [5.41, 5.74) is 2.54. The molecule has 0 radical (unpaired) electrons. The fraction of sp³-hybridized carbons (Fsp3) is 0.400. The first kappa shape index (κ1) is 23.3. The molecule has 0 unspecified atom stereocenters. The zero-order valence-electron chi connectivity index (χ0n) is 18.2. The molecular weight excluding hydrogens is 376 g/mol. The lowest BCUT2D eigenvalue weighted by Crippen LogP contribution is -2.21. The predicted octanol–water partition coefficient (Wildman–Crippen LogP) is 6.04. The molecule has 30 heavy (non-hydrogen) atoms. The van der Waals surface area contributed by atoms with Crippen molar-refractivity contribution in [1.29, 1.82) is 0 Å². The van der Waals surface area contributed by atoms with Crippen molar-refractivity contribution in [2.24, 2.45) is 0 Å². The molecule has 0 atom stereocenters. The quantitative estimate of drug-likeness (QED) is 0.294. The Morgan fingerprint density at radius 3 is 2.43 bits per heavy atom. The van der Waals surface area contributed by atoms with Crippen molar-refractivity contribution in [1.82, 2.24) is 0 Å². The molecule has 162 valence electrons. The summed E-state index contributed by atoms with van der Waals surface area (Å²) in [6.07, 6.45) is 6.07. The van der Waals surface area contributed by atoms with Crippen LogP contribution in [0.15, 0.2) is 60.7 Å². The molecule has 0 aliphatic carbocycles. The molecule has 0 bridgehead atoms. The van der Waals surface area contributed by atoms with Gasteiger partial charge in [0.15, 0.2) is 0 Å². The standard InChI is InChI=1S/C25H34N2O3/c1-4-5-6-7-8-16-29-24-11-9-10-22(17-24)26-18-25(28)27-21-12-14-23(15-13-21)30-19-20(2)3/h9-15,17,26H,2,4-8,16,18-19H2,1,3H3,(H,27,28). The number of amides is 1. The van der Waals surface area contributed by atoms with Crippen LogP contribution in [0.2, 0.25) is 0 Å². The van der Waals surface area contributed by atoms with Gasteiger partial charge in [-0.25, -0.2) is 0 Å². The average molecular weight is 411 g/mol. The maximum absolute atomic E-state index is 12.2. The molecule has 0 aliphatic heterocycles. The van der Waals surface area contributed by atoms with E-state index in [9.17, 15) is 4.79 Å². The Morgan fingerprint density at radius 1 is 0.933 bits per heavy atom. The molecule has 2 N–H and O–H groups in total. The zero-order chi connectivity index (χ0) is 21.6. The normalized spacial score (nSPS) is 10.3. The smallest absolute Gasteiger partial charge is 0.243 e. The van der Waals surface area contributed by atoms with E-state index in [0.717, 1.165) is 41.5 Å². The first-order chi connectivity index (χ1) is 14.6. The number of anilines is 2. The van der Waals surface area contributed by atoms with E-state index in [1.165, 1.54) is 25.7 Å². The van der Waals surface area contributed by atoms with Crippen LogP contribution in [0.5, 0.6) is 11.5 Å². The minimum atomic E-state index is -0.118. The highest BCUT2D eigenvalue weighted by Gasteiger charge is 2.04. The van der Waals surface area contributed by atoms with Gasteiger partial charge in [-0.1, -0.05) is 45.3 Å². The van der Waals surface area contributed by atoms with Crippen molar-refractivity contribution in [3.05, 3.63) is 60.7 Å². The van der Waals surface area contributed by atoms with E-state index in [1.807, 2.05) is 55.5 Å². The Kier molecular flexibility index (Phi) is 10.3. The Morgan fingerprint density at radius 2 is 1.70 bits per heavy atom. The van der Waals surface area contributed by atoms with Crippen LogP contribution in [0.25, 0.3) is 0 Å². The minimum absolute atomic E-state index is 0.118. The summed E-state index contributed by atoms with van der Waals surface area (Å²) in [4.78, 5) is 12.2. The number of hydrogen-bond donors (Lipinski definition) is 2. The van der Waals surface area contributed by atoms with Crippen LogP contribution in [0, 0.1) is 0 Å². The third kappa shape index (κ3) is 9.50. The monoisotopic (exact) mass is 410 g/mol. The zero-order valence-corrected chi connectivity index (χ0v) is 18.2. The number of ether oxygens (including phenoxy) is 2. The molecule has 1 amide bonds. The number of hydrogen-bond acceptors (Lipinski definition) is 4. The summed E-state index contributed by atoms with van der Waals surface area (Å²) in [5, 5.41) is 6.01. The fourth-order valence-electron chi connectivity index (χ4n) is 2.82. The van der Waals surface area contributed by atoms with Crippen LogP contribution < -0.4 is 20.1 Å². The molecule has 5 nitrogen and oxygen atoms in total. The third-order valence-corrected chi connectivity index (χ3v) is 4.43. The molecule has 0 spiro atoms. The van der Waals surface area contributed by atoms with Crippen LogP contribution >= 0.6 is 0 Å². The van der Waals surface area contributed by atoms with Gasteiger partial charge in [0.25, 0.3) is 0 Å². The molecule has 0 aliphatic rings. The predicted molar refractivity (Wildman–Crippen MR) is 125 cm³/mol. The highest BCUT2D eigenvalue weighted by Crippen LogP contribution is 2.19. The molecule has 0 aromatic heterocycles. The van der Waals surface area contributed by atoms with Crippen molar-refractivity contribution in [3.8, 4) is 11.5 Å². The van der Waals surface area contributed by atoms with Crippen molar-refractivity contribution >= 4 is 17.3 Å². The van der Waals surface area contributed by atoms with E-state index in [2.05, 4.69) is 24.1 Å². The first-order valence-corrected chi connectivity index (χ1v) is 10.7. The van der Waals surface area contributed by atoms with Crippen LogP contribution in [-0.4, -0.2) is 25.7 Å². The van der Waals surface area contributed by atoms with Crippen molar-refractivity contribution in [2.75, 3.05) is 30.4 Å². The summed E-state index contributed by atoms with van der Waals surface area (Å²) >= 11 is 0. The minimum Gasteiger partial charge on any atom is -0.494 e. The molecular formula is C25H34N2O3. The molecule has 2 aromatic carbocycles. The van der Waals surface area contributed by atoms with E-state index >= 15 is 0 Å². The second-order valence-corrected chi connectivity index (χ2v) is 7.46. The second-order valence-electron chi connectivity index (χ2n) is 7.46. The molecule has 0 heterocycles. The van der Waals surface area contributed by atoms with Crippen molar-refractivity contribution in [3.63, 3.8) is 0 Å². The number of benzene rings is 2. The van der Waals surface area contributed by atoms with Gasteiger partial charge in [-0.05, 0) is 55.3 Å². The third-order valence-electron chi connectivity index (χ3n) is 4.43. The lowest BCUT2D eigenvalue weighted by Gasteiger charge is -2.11. The lowest BCUT2D eigenvalue weighted by atomic mass is 10.2. The highest BCUT2D eigenvalue weighted by molar-refractivity contribution is 5.93. The summed E-state index contributed by atoms with van der Waals surface area (Å²) in [6, 6.07) is 15.0. The molecule has 2 rings (SSSR count). The van der Waals surface area contributed by atoms with Crippen LogP contribution in [0.3, 0.4) is 0 Å². The maximum Gasteiger partial charge on any atom is 0.243 e. The number of carbonyl (C=O) groups is 1. The summed E-state index contributed by atoms with van der Waals surface area (Å²) in [6.45, 7) is 9.32. The van der Waals surface area contributed by atoms with Gasteiger partial charge >= 0.3 is 0 Å². The molecule has 2 aromatic rings. The summed E-state index contributed by atoms with van der Waals surface area (Å²) in [7, 11) is 0. The SMILES string of the molecule is C=C(C)COc1ccc(NC(=O)CNc2cccc(OCCCCCCC)c2)cc1. The highest BCUT2D eigenvalue weighted by atomic mass is 16.5. The van der Waals surface area contributed by atoms with E-state index in [4.69, 9.17) is 9.47 Å². The number of rotatable bonds is 14. The van der Waals surface area contributed by atoms with Gasteiger partial charge < -0.3 is 20.1 Å². The molecule has 0 saturated heterocycles. The van der Waals surface area contributed by atoms with Gasteiger partial charge in [-0.2, -0.15) is 0 Å². The summed E-state index contributed by atoms with van der Waals surface area (Å²) < 4.78 is 11.4. The molecule has 0 fully saturated rings. The van der Waals surface area contributed by atoms with Gasteiger partial charge in [0.05, 0.1) is 13.2 Å². The Balaban J connectivity index is 1.72. The Labute approximate surface area is 180 Å². The maximum atomic E-state index is 12.2.